The van der Waals surface area contributed by atoms with Gasteiger partial charge in [0, 0.05) is 5.92 Å². The van der Waals surface area contributed by atoms with Crippen LogP contribution in [0, 0.1) is 12.7 Å². The molecule has 1 aliphatic rings. The van der Waals surface area contributed by atoms with Crippen LogP contribution in [0.5, 0.6) is 0 Å². The van der Waals surface area contributed by atoms with Crippen molar-refractivity contribution in [2.45, 2.75) is 25.7 Å². The molecule has 0 spiro atoms. The first kappa shape index (κ1) is 12.7. The number of tetrazole rings is 1. The highest BCUT2D eigenvalue weighted by molar-refractivity contribution is 5.90. The maximum Gasteiger partial charge on any atom is 0.340 e. The molecule has 0 aliphatic heterocycles. The second-order valence-electron chi connectivity index (χ2n) is 4.82. The van der Waals surface area contributed by atoms with Crippen LogP contribution >= 0.6 is 0 Å². The van der Waals surface area contributed by atoms with Crippen LogP contribution in [0.25, 0.3) is 5.69 Å². The summed E-state index contributed by atoms with van der Waals surface area (Å²) in [6.45, 7) is 1.72. The van der Waals surface area contributed by atoms with Crippen LogP contribution in [0.3, 0.4) is 0 Å². The molecule has 6 nitrogen and oxygen atoms in total. The average molecular weight is 276 g/mol. The van der Waals surface area contributed by atoms with E-state index < -0.39 is 11.8 Å². The molecular formula is C13H13FN4O2. The van der Waals surface area contributed by atoms with E-state index in [0.717, 1.165) is 12.8 Å². The number of carbonyl (C=O) groups is 1. The Morgan fingerprint density at radius 3 is 2.85 bits per heavy atom. The Kier molecular flexibility index (Phi) is 2.96. The lowest BCUT2D eigenvalue weighted by atomic mass is 10.1. The Labute approximate surface area is 114 Å². The summed E-state index contributed by atoms with van der Waals surface area (Å²) >= 11 is 0. The van der Waals surface area contributed by atoms with Gasteiger partial charge >= 0.3 is 5.97 Å². The molecule has 0 atom stereocenters. The topological polar surface area (TPSA) is 69.9 Å². The van der Waals surface area contributed by atoms with Gasteiger partial charge in [0.05, 0.1) is 18.4 Å². The van der Waals surface area contributed by atoms with E-state index in [1.165, 1.54) is 24.0 Å². The molecule has 1 aliphatic carbocycles. The first-order valence-corrected chi connectivity index (χ1v) is 6.29. The van der Waals surface area contributed by atoms with Crippen LogP contribution < -0.4 is 0 Å². The fraction of sp³-hybridized carbons (Fsp3) is 0.385. The van der Waals surface area contributed by atoms with Crippen molar-refractivity contribution >= 4 is 5.97 Å². The second-order valence-corrected chi connectivity index (χ2v) is 4.82. The molecule has 1 aromatic carbocycles. The maximum absolute atomic E-state index is 13.8. The lowest BCUT2D eigenvalue weighted by molar-refractivity contribution is 0.0595. The number of esters is 1. The molecule has 2 aromatic rings. The Balaban J connectivity index is 2.04. The first-order valence-electron chi connectivity index (χ1n) is 6.29. The molecule has 3 rings (SSSR count). The van der Waals surface area contributed by atoms with Gasteiger partial charge in [-0.25, -0.2) is 9.18 Å². The summed E-state index contributed by atoms with van der Waals surface area (Å²) in [6.07, 6.45) is 2.14. The van der Waals surface area contributed by atoms with E-state index in [9.17, 15) is 9.18 Å². The monoisotopic (exact) mass is 276 g/mol. The largest absolute Gasteiger partial charge is 0.465 e. The van der Waals surface area contributed by atoms with Crippen LogP contribution in [0.4, 0.5) is 4.39 Å². The number of hydrogen-bond donors (Lipinski definition) is 0. The number of rotatable bonds is 3. The van der Waals surface area contributed by atoms with Crippen molar-refractivity contribution in [2.24, 2.45) is 0 Å². The van der Waals surface area contributed by atoms with Crippen molar-refractivity contribution in [3.05, 3.63) is 34.9 Å². The minimum atomic E-state index is -0.730. The number of carbonyl (C=O) groups excluding carboxylic acids is 1. The summed E-state index contributed by atoms with van der Waals surface area (Å²) in [5, 5.41) is 12.2. The van der Waals surface area contributed by atoms with Gasteiger partial charge in [0.1, 0.15) is 5.82 Å². The third-order valence-electron chi connectivity index (χ3n) is 3.28. The second kappa shape index (κ2) is 4.66. The van der Waals surface area contributed by atoms with Crippen molar-refractivity contribution in [1.29, 1.82) is 0 Å². The first-order chi connectivity index (χ1) is 9.60. The molecule has 0 bridgehead atoms. The summed E-state index contributed by atoms with van der Waals surface area (Å²) in [4.78, 5) is 12.9. The predicted molar refractivity (Wildman–Crippen MR) is 67.2 cm³/mol. The van der Waals surface area contributed by atoms with Gasteiger partial charge in [0.25, 0.3) is 0 Å². The highest BCUT2D eigenvalue weighted by atomic mass is 19.1. The smallest absolute Gasteiger partial charge is 0.340 e. The third kappa shape index (κ3) is 2.15. The van der Waals surface area contributed by atoms with Crippen LogP contribution in [0.1, 0.15) is 40.5 Å². The molecule has 0 radical (unpaired) electrons. The summed E-state index contributed by atoms with van der Waals surface area (Å²) in [6, 6.07) is 2.65. The number of benzene rings is 1. The number of aryl methyl sites for hydroxylation is 1. The molecule has 1 aromatic heterocycles. The number of hydrogen-bond acceptors (Lipinski definition) is 5. The zero-order chi connectivity index (χ0) is 14.3. The number of ether oxygens (including phenoxy) is 1. The minimum absolute atomic E-state index is 0.140. The van der Waals surface area contributed by atoms with Crippen LogP contribution in [0.2, 0.25) is 0 Å². The van der Waals surface area contributed by atoms with Gasteiger partial charge in [-0.05, 0) is 42.7 Å². The van der Waals surface area contributed by atoms with E-state index in [2.05, 4.69) is 20.1 Å². The average Bonchev–Trinajstić information content (AvgIpc) is 3.17. The number of methoxy groups -OCH3 is 1. The zero-order valence-corrected chi connectivity index (χ0v) is 11.1. The fourth-order valence-electron chi connectivity index (χ4n) is 1.98. The van der Waals surface area contributed by atoms with E-state index in [1.807, 2.05) is 0 Å². The van der Waals surface area contributed by atoms with Gasteiger partial charge in [-0.1, -0.05) is 0 Å². The van der Waals surface area contributed by atoms with Crippen molar-refractivity contribution in [3.8, 4) is 5.69 Å². The summed E-state index contributed by atoms with van der Waals surface area (Å²) < 4.78 is 18.3. The van der Waals surface area contributed by atoms with Gasteiger partial charge in [-0.3, -0.25) is 0 Å². The van der Waals surface area contributed by atoms with E-state index in [0.29, 0.717) is 23.0 Å². The highest BCUT2D eigenvalue weighted by Crippen LogP contribution is 2.37. The number of halogens is 1. The molecule has 0 saturated heterocycles. The van der Waals surface area contributed by atoms with Gasteiger partial charge in [-0.15, -0.1) is 15.0 Å². The predicted octanol–water partition coefficient (Wildman–Crippen LogP) is 1.77. The van der Waals surface area contributed by atoms with E-state index in [-0.39, 0.29) is 5.56 Å². The Morgan fingerprint density at radius 1 is 1.45 bits per heavy atom. The molecule has 20 heavy (non-hydrogen) atoms. The van der Waals surface area contributed by atoms with Gasteiger partial charge in [-0.2, -0.15) is 0 Å². The Hall–Kier alpha value is -2.31. The quantitative estimate of drug-likeness (QED) is 0.799. The third-order valence-corrected chi connectivity index (χ3v) is 3.28. The van der Waals surface area contributed by atoms with Crippen LogP contribution in [-0.2, 0) is 4.74 Å². The number of nitrogens with zero attached hydrogens (tertiary/aromatic N) is 4. The lowest BCUT2D eigenvalue weighted by Crippen LogP contribution is -2.09. The molecule has 1 fully saturated rings. The van der Waals surface area contributed by atoms with Crippen molar-refractivity contribution in [3.63, 3.8) is 0 Å². The maximum atomic E-state index is 13.8. The van der Waals surface area contributed by atoms with E-state index >= 15 is 0 Å². The molecule has 7 heteroatoms. The van der Waals surface area contributed by atoms with Gasteiger partial charge in [0.15, 0.2) is 5.82 Å². The van der Waals surface area contributed by atoms with Gasteiger partial charge in [0.2, 0.25) is 0 Å². The van der Waals surface area contributed by atoms with Gasteiger partial charge < -0.3 is 4.74 Å². The van der Waals surface area contributed by atoms with Crippen molar-refractivity contribution in [1.82, 2.24) is 20.2 Å². The Bertz CT molecular complexity index is 679. The summed E-state index contributed by atoms with van der Waals surface area (Å²) in [7, 11) is 1.21. The minimum Gasteiger partial charge on any atom is -0.465 e. The molecule has 1 heterocycles. The molecule has 0 unspecified atom stereocenters. The van der Waals surface area contributed by atoms with Crippen molar-refractivity contribution < 1.29 is 13.9 Å². The van der Waals surface area contributed by atoms with Crippen LogP contribution in [0.15, 0.2) is 12.1 Å². The van der Waals surface area contributed by atoms with E-state index in [1.54, 1.807) is 6.92 Å². The highest BCUT2D eigenvalue weighted by Gasteiger charge is 2.28. The summed E-state index contributed by atoms with van der Waals surface area (Å²) in [5.41, 5.74) is 1.000. The normalized spacial score (nSPS) is 14.3. The molecule has 0 N–H and O–H groups in total. The summed E-state index contributed by atoms with van der Waals surface area (Å²) in [5.74, 6) is -0.287. The lowest BCUT2D eigenvalue weighted by Gasteiger charge is -2.07. The fourth-order valence-corrected chi connectivity index (χ4v) is 1.98. The standard InChI is InChI=1S/C13H13FN4O2/c1-7-5-10(14)9(13(19)20-2)6-11(7)18-16-12(15-17-18)8-3-4-8/h5-6,8H,3-4H2,1-2H3. The molecular weight excluding hydrogens is 263 g/mol. The zero-order valence-electron chi connectivity index (χ0n) is 11.1. The molecule has 1 saturated carbocycles. The molecule has 104 valence electrons. The number of aromatic nitrogens is 4. The Morgan fingerprint density at radius 2 is 2.20 bits per heavy atom. The molecule has 0 amide bonds. The van der Waals surface area contributed by atoms with Crippen LogP contribution in [-0.4, -0.2) is 33.3 Å². The SMILES string of the molecule is COC(=O)c1cc(-n2nnc(C3CC3)n2)c(C)cc1F. The van der Waals surface area contributed by atoms with E-state index in [4.69, 9.17) is 0 Å². The van der Waals surface area contributed by atoms with Crippen molar-refractivity contribution in [2.75, 3.05) is 7.11 Å².